The summed E-state index contributed by atoms with van der Waals surface area (Å²) < 4.78 is 30.4. The molecule has 0 radical (unpaired) electrons. The van der Waals surface area contributed by atoms with Gasteiger partial charge < -0.3 is 33.9 Å². The minimum absolute atomic E-state index is 0.0958. The lowest BCUT2D eigenvalue weighted by Gasteiger charge is -2.74. The number of piperidine rings is 2. The Kier molecular flexibility index (Phi) is 6.77. The third kappa shape index (κ3) is 3.27. The lowest BCUT2D eigenvalue weighted by molar-refractivity contribution is -0.241. The number of methoxy groups -OCH3 is 4. The predicted octanol–water partition coefficient (Wildman–Crippen LogP) is 3.56. The Morgan fingerprint density at radius 2 is 1.00 bits per heavy atom. The van der Waals surface area contributed by atoms with E-state index in [1.54, 1.807) is 9.80 Å². The Labute approximate surface area is 353 Å². The highest BCUT2D eigenvalue weighted by atomic mass is 16.6. The van der Waals surface area contributed by atoms with Crippen molar-refractivity contribution in [1.82, 2.24) is 9.80 Å². The number of aliphatic hydroxyl groups is 2. The van der Waals surface area contributed by atoms with Crippen LogP contribution in [0.4, 0.5) is 21.0 Å². The van der Waals surface area contributed by atoms with Gasteiger partial charge in [0, 0.05) is 47.8 Å². The highest BCUT2D eigenvalue weighted by Gasteiger charge is 2.97. The van der Waals surface area contributed by atoms with E-state index in [1.165, 1.54) is 28.4 Å². The van der Waals surface area contributed by atoms with Gasteiger partial charge in [-0.3, -0.25) is 19.6 Å². The summed E-state index contributed by atoms with van der Waals surface area (Å²) in [4.78, 5) is 67.4. The minimum Gasteiger partial charge on any atom is -0.467 e. The van der Waals surface area contributed by atoms with Crippen molar-refractivity contribution < 1.29 is 53.1 Å². The number of para-hydroxylation sites is 2. The van der Waals surface area contributed by atoms with Gasteiger partial charge in [0.25, 0.3) is 0 Å². The minimum atomic E-state index is -2.17. The van der Waals surface area contributed by atoms with E-state index in [4.69, 9.17) is 23.7 Å². The average Bonchev–Trinajstić information content (AvgIpc) is 4.04. The summed E-state index contributed by atoms with van der Waals surface area (Å²) >= 11 is 0. The first kappa shape index (κ1) is 37.3. The van der Waals surface area contributed by atoms with E-state index in [9.17, 15) is 29.4 Å². The average molecular weight is 837 g/mol. The van der Waals surface area contributed by atoms with E-state index in [-0.39, 0.29) is 24.9 Å². The third-order valence-corrected chi connectivity index (χ3v) is 19.5. The van der Waals surface area contributed by atoms with Gasteiger partial charge in [-0.15, -0.1) is 0 Å². The first-order chi connectivity index (χ1) is 29.4. The lowest BCUT2D eigenvalue weighted by Crippen LogP contribution is -2.89. The lowest BCUT2D eigenvalue weighted by atomic mass is 9.32. The van der Waals surface area contributed by atoms with E-state index in [0.717, 1.165) is 36.8 Å². The molecule has 14 atom stereocenters. The molecular weight excluding hydrogens is 785 g/mol. The van der Waals surface area contributed by atoms with Crippen molar-refractivity contribution in [2.45, 2.75) is 122 Å². The number of benzene rings is 2. The molecule has 2 amide bonds. The van der Waals surface area contributed by atoms with Crippen molar-refractivity contribution in [3.63, 3.8) is 0 Å². The maximum Gasteiger partial charge on any atom is 0.414 e. The molecule has 2 aromatic rings. The van der Waals surface area contributed by atoms with Gasteiger partial charge in [0.2, 0.25) is 0 Å². The van der Waals surface area contributed by atoms with Crippen LogP contribution in [0.2, 0.25) is 0 Å². The maximum atomic E-state index is 14.8. The molecule has 15 heteroatoms. The van der Waals surface area contributed by atoms with E-state index >= 15 is 0 Å². The van der Waals surface area contributed by atoms with Crippen LogP contribution in [0.25, 0.3) is 0 Å². The molecule has 0 unspecified atom stereocenters. The molecule has 7 heterocycles. The molecule has 0 aromatic heterocycles. The van der Waals surface area contributed by atoms with Crippen LogP contribution in [0.15, 0.2) is 48.5 Å². The molecule has 61 heavy (non-hydrogen) atoms. The fourth-order valence-electron chi connectivity index (χ4n) is 18.9. The van der Waals surface area contributed by atoms with Crippen LogP contribution in [-0.2, 0) is 44.1 Å². The highest BCUT2D eigenvalue weighted by molar-refractivity contribution is 6.01. The molecule has 13 aliphatic rings. The number of nitrogens with zero attached hydrogens (tertiary/aromatic N) is 4. The van der Waals surface area contributed by atoms with Gasteiger partial charge in [-0.05, 0) is 98.3 Å². The number of amides is 2. The molecule has 322 valence electrons. The van der Waals surface area contributed by atoms with Gasteiger partial charge in [0.15, 0.2) is 11.2 Å². The van der Waals surface area contributed by atoms with Crippen LogP contribution in [0, 0.1) is 22.7 Å². The van der Waals surface area contributed by atoms with Crippen molar-refractivity contribution in [2.75, 3.05) is 51.3 Å². The molecule has 6 spiro atoms. The summed E-state index contributed by atoms with van der Waals surface area (Å²) in [5.74, 6) is -2.70. The van der Waals surface area contributed by atoms with Crippen molar-refractivity contribution >= 4 is 35.5 Å². The Morgan fingerprint density at radius 1 is 0.590 bits per heavy atom. The van der Waals surface area contributed by atoms with Crippen LogP contribution < -0.4 is 9.80 Å². The molecule has 6 aliphatic carbocycles. The second-order valence-corrected chi connectivity index (χ2v) is 20.3. The molecule has 11 fully saturated rings. The number of carbonyl (C=O) groups excluding carboxylic acids is 4. The Hall–Kier alpha value is -4.28. The number of ether oxygens (including phenoxy) is 5. The van der Waals surface area contributed by atoms with E-state index < -0.39 is 92.4 Å². The zero-order valence-corrected chi connectivity index (χ0v) is 34.9. The largest absolute Gasteiger partial charge is 0.467 e. The molecule has 15 nitrogen and oxygen atoms in total. The molecule has 15 rings (SSSR count). The number of hydrogen-bond donors (Lipinski definition) is 2. The number of carbonyl (C=O) groups is 4. The summed E-state index contributed by atoms with van der Waals surface area (Å²) in [5, 5.41) is 27.6. The molecular formula is C46H52N4O11. The first-order valence-corrected chi connectivity index (χ1v) is 22.1. The SMILES string of the molecule is COC(=O)N1c2ccccc2[C@@]23[C@@H]4[C@@H]5[C@H](O[C@@H]4N4CCC[C@]6(CC[C@]12[C@](O)(C(=O)OC)C6)[C@H]43)N1CCC[C@@]23CC[C@]4(N(C(=O)OC)c6ccccc6[C@@]54[C@@H]12)[C@](O)(C(=O)OC)C3. The van der Waals surface area contributed by atoms with Gasteiger partial charge in [-0.25, -0.2) is 19.2 Å². The van der Waals surface area contributed by atoms with E-state index in [2.05, 4.69) is 21.9 Å². The number of hydrogen-bond acceptors (Lipinski definition) is 13. The predicted molar refractivity (Wildman–Crippen MR) is 213 cm³/mol. The zero-order chi connectivity index (χ0) is 42.1. The number of anilines is 2. The molecule has 2 N–H and O–H groups in total. The summed E-state index contributed by atoms with van der Waals surface area (Å²) in [6.45, 7) is 1.40. The number of rotatable bonds is 2. The Balaban J connectivity index is 1.19. The van der Waals surface area contributed by atoms with Crippen molar-refractivity contribution in [1.29, 1.82) is 0 Å². The molecule has 6 saturated carbocycles. The van der Waals surface area contributed by atoms with Gasteiger partial charge in [0.05, 0.1) is 39.8 Å². The number of fused-ring (bicyclic) bond motifs is 11. The van der Waals surface area contributed by atoms with Crippen LogP contribution in [-0.4, -0.2) is 132 Å². The topological polar surface area (TPSA) is 168 Å². The normalized spacial score (nSPS) is 48.2. The second kappa shape index (κ2) is 11.1. The first-order valence-electron chi connectivity index (χ1n) is 22.1. The van der Waals surface area contributed by atoms with Crippen molar-refractivity contribution in [2.24, 2.45) is 22.7 Å². The second-order valence-electron chi connectivity index (χ2n) is 20.3. The third-order valence-electron chi connectivity index (χ3n) is 19.5. The van der Waals surface area contributed by atoms with E-state index in [1.807, 2.05) is 36.4 Å². The molecule has 5 saturated heterocycles. The van der Waals surface area contributed by atoms with Crippen molar-refractivity contribution in [3.05, 3.63) is 59.7 Å². The fourth-order valence-corrected chi connectivity index (χ4v) is 18.9. The Morgan fingerprint density at radius 3 is 1.39 bits per heavy atom. The summed E-state index contributed by atoms with van der Waals surface area (Å²) in [5.41, 5.74) is -8.24. The fraction of sp³-hybridized carbons (Fsp3) is 0.652. The highest BCUT2D eigenvalue weighted by Crippen LogP contribution is 2.86. The number of esters is 2. The zero-order valence-electron chi connectivity index (χ0n) is 34.9. The maximum absolute atomic E-state index is 14.8. The van der Waals surface area contributed by atoms with Crippen LogP contribution in [0.3, 0.4) is 0 Å². The van der Waals surface area contributed by atoms with Crippen molar-refractivity contribution in [3.8, 4) is 0 Å². The smallest absolute Gasteiger partial charge is 0.414 e. The van der Waals surface area contributed by atoms with Crippen LogP contribution in [0.5, 0.6) is 0 Å². The van der Waals surface area contributed by atoms with Crippen LogP contribution in [0.1, 0.15) is 75.3 Å². The van der Waals surface area contributed by atoms with Crippen LogP contribution >= 0.6 is 0 Å². The Bertz CT molecular complexity index is 2240. The van der Waals surface area contributed by atoms with Gasteiger partial charge in [0.1, 0.15) is 23.5 Å². The van der Waals surface area contributed by atoms with Gasteiger partial charge in [-0.2, -0.15) is 0 Å². The quantitative estimate of drug-likeness (QED) is 0.334. The van der Waals surface area contributed by atoms with Gasteiger partial charge >= 0.3 is 24.1 Å². The molecule has 2 aromatic carbocycles. The molecule has 7 aliphatic heterocycles. The molecule has 4 bridgehead atoms. The van der Waals surface area contributed by atoms with Gasteiger partial charge in [-0.1, -0.05) is 36.4 Å². The standard InChI is InChI=1S/C46H52N4O11/c1-57-35(51)41(55)23-39-15-9-21-47-31-29(45(33(39)47)25-11-5-7-13-27(25)49(37(53)59-3)43(41,45)19-17-39)30-32(61-31)48-22-10-16-40-18-20-44(42(56,24-40)36(52)58-2)46(30,34(40)48)26-12-6-8-14-28(26)50(44)38(54)60-4/h5-8,11-14,29-34,55-56H,9-10,15-24H2,1-4H3/t29-,30-,31+,32+,33+,34+,39-,40+,41-,42-,43-,44+,45+,46+/m1/s1. The summed E-state index contributed by atoms with van der Waals surface area (Å²) in [6.07, 6.45) is 2.74. The monoisotopic (exact) mass is 836 g/mol. The summed E-state index contributed by atoms with van der Waals surface area (Å²) in [7, 11) is 5.26. The van der Waals surface area contributed by atoms with E-state index in [0.29, 0.717) is 50.1 Å². The summed E-state index contributed by atoms with van der Waals surface area (Å²) in [6, 6.07) is 15.0.